The molecule has 0 spiro atoms. The van der Waals surface area contributed by atoms with Crippen LogP contribution in [0.3, 0.4) is 0 Å². The van der Waals surface area contributed by atoms with E-state index in [0.717, 1.165) is 17.7 Å². The molecule has 0 bridgehead atoms. The van der Waals surface area contributed by atoms with Gasteiger partial charge in [-0.05, 0) is 53.1 Å². The lowest BCUT2D eigenvalue weighted by Crippen LogP contribution is -2.24. The van der Waals surface area contributed by atoms with Crippen LogP contribution in [-0.2, 0) is 12.8 Å². The molecule has 0 fully saturated rings. The average Bonchev–Trinajstić information content (AvgIpc) is 2.92. The number of benzene rings is 4. The topological polar surface area (TPSA) is 58.6 Å². The summed E-state index contributed by atoms with van der Waals surface area (Å²) in [5.74, 6) is -0.380. The number of nitrogens with one attached hydrogen (secondary N) is 1. The van der Waals surface area contributed by atoms with E-state index in [-0.39, 0.29) is 22.7 Å². The largest absolute Gasteiger partial charge is 0.489 e. The SMILES string of the molecule is CN(C)C(=O)c1cc(OCc2ccccc2)ccc1NC(=O)c1ccccc1-c1ccc(C(F)(F)F)cc1. The Bertz CT molecular complexity index is 1430. The number of hydrogen-bond donors (Lipinski definition) is 1. The van der Waals surface area contributed by atoms with Gasteiger partial charge < -0.3 is 15.0 Å². The zero-order valence-electron chi connectivity index (χ0n) is 20.8. The van der Waals surface area contributed by atoms with E-state index < -0.39 is 17.6 Å². The molecule has 2 amide bonds. The Morgan fingerprint density at radius 2 is 1.47 bits per heavy atom. The average molecular weight is 519 g/mol. The van der Waals surface area contributed by atoms with Crippen molar-refractivity contribution in [3.8, 4) is 16.9 Å². The van der Waals surface area contributed by atoms with Gasteiger partial charge in [0.15, 0.2) is 0 Å². The molecule has 0 saturated carbocycles. The van der Waals surface area contributed by atoms with E-state index in [0.29, 0.717) is 23.5 Å². The van der Waals surface area contributed by atoms with Crippen molar-refractivity contribution >= 4 is 17.5 Å². The third-order valence-corrected chi connectivity index (χ3v) is 5.82. The maximum absolute atomic E-state index is 13.3. The summed E-state index contributed by atoms with van der Waals surface area (Å²) in [7, 11) is 3.21. The third kappa shape index (κ3) is 6.21. The fraction of sp³-hybridized carbons (Fsp3) is 0.133. The molecule has 38 heavy (non-hydrogen) atoms. The van der Waals surface area contributed by atoms with Gasteiger partial charge in [0.25, 0.3) is 11.8 Å². The number of amides is 2. The molecule has 0 radical (unpaired) electrons. The summed E-state index contributed by atoms with van der Waals surface area (Å²) >= 11 is 0. The fourth-order valence-electron chi connectivity index (χ4n) is 3.84. The van der Waals surface area contributed by atoms with Crippen molar-refractivity contribution < 1.29 is 27.5 Å². The van der Waals surface area contributed by atoms with Crippen molar-refractivity contribution in [3.63, 3.8) is 0 Å². The molecule has 194 valence electrons. The molecule has 0 aliphatic carbocycles. The van der Waals surface area contributed by atoms with Gasteiger partial charge in [-0.3, -0.25) is 9.59 Å². The van der Waals surface area contributed by atoms with Gasteiger partial charge in [-0.2, -0.15) is 13.2 Å². The number of nitrogens with zero attached hydrogens (tertiary/aromatic N) is 1. The number of halogens is 3. The van der Waals surface area contributed by atoms with Gasteiger partial charge in [-0.1, -0.05) is 60.7 Å². The quantitative estimate of drug-likeness (QED) is 0.289. The molecule has 0 aromatic heterocycles. The highest BCUT2D eigenvalue weighted by Gasteiger charge is 2.30. The Hall–Kier alpha value is -4.59. The summed E-state index contributed by atoms with van der Waals surface area (Å²) < 4.78 is 44.8. The number of carbonyl (C=O) groups is 2. The normalized spacial score (nSPS) is 11.1. The highest BCUT2D eigenvalue weighted by atomic mass is 19.4. The van der Waals surface area contributed by atoms with Crippen LogP contribution in [0, 0.1) is 0 Å². The van der Waals surface area contributed by atoms with E-state index in [9.17, 15) is 22.8 Å². The molecule has 0 saturated heterocycles. The van der Waals surface area contributed by atoms with Gasteiger partial charge in [0.1, 0.15) is 12.4 Å². The second-order valence-corrected chi connectivity index (χ2v) is 8.76. The lowest BCUT2D eigenvalue weighted by Gasteiger charge is -2.17. The van der Waals surface area contributed by atoms with Gasteiger partial charge in [-0.25, -0.2) is 0 Å². The van der Waals surface area contributed by atoms with Crippen molar-refractivity contribution in [2.24, 2.45) is 0 Å². The van der Waals surface area contributed by atoms with Crippen molar-refractivity contribution in [1.82, 2.24) is 4.90 Å². The number of anilines is 1. The van der Waals surface area contributed by atoms with Crippen molar-refractivity contribution in [1.29, 1.82) is 0 Å². The number of ether oxygens (including phenoxy) is 1. The molecule has 4 rings (SSSR count). The number of hydrogen-bond acceptors (Lipinski definition) is 3. The van der Waals surface area contributed by atoms with Crippen molar-refractivity contribution in [2.75, 3.05) is 19.4 Å². The molecule has 0 heterocycles. The molecule has 5 nitrogen and oxygen atoms in total. The second kappa shape index (κ2) is 11.2. The monoisotopic (exact) mass is 518 g/mol. The molecule has 4 aromatic carbocycles. The molecule has 0 atom stereocenters. The van der Waals surface area contributed by atoms with Gasteiger partial charge >= 0.3 is 6.18 Å². The summed E-state index contributed by atoms with van der Waals surface area (Å²) in [5, 5.41) is 2.79. The first-order valence-corrected chi connectivity index (χ1v) is 11.7. The van der Waals surface area contributed by atoms with E-state index >= 15 is 0 Å². The molecule has 4 aromatic rings. The van der Waals surface area contributed by atoms with E-state index in [4.69, 9.17) is 4.74 Å². The molecular weight excluding hydrogens is 493 g/mol. The van der Waals surface area contributed by atoms with Crippen LogP contribution < -0.4 is 10.1 Å². The molecule has 0 aliphatic rings. The van der Waals surface area contributed by atoms with E-state index in [1.165, 1.54) is 17.0 Å². The number of carbonyl (C=O) groups excluding carboxylic acids is 2. The Morgan fingerprint density at radius 1 is 0.816 bits per heavy atom. The first kappa shape index (κ1) is 26.5. The first-order chi connectivity index (χ1) is 18.1. The summed E-state index contributed by atoms with van der Waals surface area (Å²) in [5.41, 5.74) is 1.87. The van der Waals surface area contributed by atoms with E-state index in [2.05, 4.69) is 5.32 Å². The molecule has 8 heteroatoms. The summed E-state index contributed by atoms with van der Waals surface area (Å²) in [4.78, 5) is 27.7. The van der Waals surface area contributed by atoms with Crippen LogP contribution in [-0.4, -0.2) is 30.8 Å². The highest BCUT2D eigenvalue weighted by molar-refractivity contribution is 6.11. The standard InChI is InChI=1S/C30H25F3N2O3/c1-35(2)29(37)26-18-23(38-19-20-8-4-3-5-9-20)16-17-27(26)34-28(36)25-11-7-6-10-24(25)21-12-14-22(15-13-21)30(31,32)33/h3-18H,19H2,1-2H3,(H,34,36). The van der Waals surface area contributed by atoms with Gasteiger partial charge in [0.2, 0.25) is 0 Å². The zero-order valence-corrected chi connectivity index (χ0v) is 20.8. The summed E-state index contributed by atoms with van der Waals surface area (Å²) in [6.07, 6.45) is -4.46. The number of rotatable bonds is 7. The van der Waals surface area contributed by atoms with Crippen molar-refractivity contribution in [3.05, 3.63) is 119 Å². The second-order valence-electron chi connectivity index (χ2n) is 8.76. The summed E-state index contributed by atoms with van der Waals surface area (Å²) in [6, 6.07) is 25.6. The van der Waals surface area contributed by atoms with Crippen LogP contribution in [0.2, 0.25) is 0 Å². The van der Waals surface area contributed by atoms with Crippen LogP contribution in [0.5, 0.6) is 5.75 Å². The first-order valence-electron chi connectivity index (χ1n) is 11.7. The van der Waals surface area contributed by atoms with Gasteiger partial charge in [-0.15, -0.1) is 0 Å². The molecular formula is C30H25F3N2O3. The van der Waals surface area contributed by atoms with Crippen LogP contribution in [0.15, 0.2) is 97.1 Å². The minimum Gasteiger partial charge on any atom is -0.489 e. The Labute approximate surface area is 218 Å². The van der Waals surface area contributed by atoms with Gasteiger partial charge in [0.05, 0.1) is 16.8 Å². The highest BCUT2D eigenvalue weighted by Crippen LogP contribution is 2.32. The molecule has 1 N–H and O–H groups in total. The molecule has 0 aliphatic heterocycles. The van der Waals surface area contributed by atoms with E-state index in [1.54, 1.807) is 56.6 Å². The lowest BCUT2D eigenvalue weighted by atomic mass is 9.98. The number of alkyl halides is 3. The maximum atomic E-state index is 13.3. The van der Waals surface area contributed by atoms with Crippen molar-refractivity contribution in [2.45, 2.75) is 12.8 Å². The third-order valence-electron chi connectivity index (χ3n) is 5.82. The maximum Gasteiger partial charge on any atom is 0.416 e. The fourth-order valence-corrected chi connectivity index (χ4v) is 3.84. The zero-order chi connectivity index (χ0) is 27.3. The van der Waals surface area contributed by atoms with Crippen LogP contribution in [0.4, 0.5) is 18.9 Å². The predicted octanol–water partition coefficient (Wildman–Crippen LogP) is 6.91. The Kier molecular flexibility index (Phi) is 7.81. The van der Waals surface area contributed by atoms with Gasteiger partial charge in [0, 0.05) is 19.7 Å². The Morgan fingerprint density at radius 3 is 2.13 bits per heavy atom. The van der Waals surface area contributed by atoms with Crippen LogP contribution in [0.1, 0.15) is 31.8 Å². The Balaban J connectivity index is 1.61. The van der Waals surface area contributed by atoms with Crippen LogP contribution in [0.25, 0.3) is 11.1 Å². The minimum absolute atomic E-state index is 0.237. The predicted molar refractivity (Wildman–Crippen MR) is 140 cm³/mol. The van der Waals surface area contributed by atoms with Crippen LogP contribution >= 0.6 is 0 Å². The van der Waals surface area contributed by atoms with E-state index in [1.807, 2.05) is 30.3 Å². The lowest BCUT2D eigenvalue weighted by molar-refractivity contribution is -0.137. The minimum atomic E-state index is -4.46. The molecule has 0 unspecified atom stereocenters. The smallest absolute Gasteiger partial charge is 0.416 e. The summed E-state index contributed by atoms with van der Waals surface area (Å²) in [6.45, 7) is 0.308.